The zero-order valence-corrected chi connectivity index (χ0v) is 19.3. The fourth-order valence-electron chi connectivity index (χ4n) is 3.63. The third kappa shape index (κ3) is 6.36. The van der Waals surface area contributed by atoms with E-state index in [9.17, 15) is 9.59 Å². The van der Waals surface area contributed by atoms with E-state index in [1.54, 1.807) is 12.0 Å². The normalized spacial score (nSPS) is 15.2. The molecule has 6 nitrogen and oxygen atoms in total. The molecule has 0 atom stereocenters. The monoisotopic (exact) mass is 436 g/mol. The van der Waals surface area contributed by atoms with Crippen LogP contribution in [0.2, 0.25) is 0 Å². The Morgan fingerprint density at radius 2 is 1.62 bits per heavy atom. The lowest BCUT2D eigenvalue weighted by Crippen LogP contribution is -2.47. The summed E-state index contributed by atoms with van der Waals surface area (Å²) in [5.74, 6) is 0.567. The molecule has 0 aliphatic carbocycles. The number of carbonyl (C=O) groups excluding carboxylic acids is 2. The van der Waals surface area contributed by atoms with E-state index in [-0.39, 0.29) is 18.0 Å². The number of amides is 2. The van der Waals surface area contributed by atoms with Crippen LogP contribution in [-0.2, 0) is 9.53 Å². The zero-order valence-electron chi connectivity index (χ0n) is 19.3. The number of carbonyl (C=O) groups is 2. The third-order valence-corrected chi connectivity index (χ3v) is 5.25. The Labute approximate surface area is 190 Å². The molecule has 170 valence electrons. The largest absolute Gasteiger partial charge is 0.496 e. The summed E-state index contributed by atoms with van der Waals surface area (Å²) in [6, 6.07) is 17.2. The van der Waals surface area contributed by atoms with E-state index in [0.29, 0.717) is 37.3 Å². The molecule has 2 aromatic rings. The third-order valence-electron chi connectivity index (χ3n) is 5.25. The summed E-state index contributed by atoms with van der Waals surface area (Å²) in [4.78, 5) is 27.3. The van der Waals surface area contributed by atoms with Crippen LogP contribution in [0.3, 0.4) is 0 Å². The van der Waals surface area contributed by atoms with Crippen LogP contribution in [0.15, 0.2) is 54.6 Å². The highest BCUT2D eigenvalue weighted by Crippen LogP contribution is 2.25. The van der Waals surface area contributed by atoms with Crippen LogP contribution in [0, 0.1) is 0 Å². The molecule has 1 aliphatic heterocycles. The van der Waals surface area contributed by atoms with Crippen molar-refractivity contribution in [2.24, 2.45) is 0 Å². The minimum absolute atomic E-state index is 0.00836. The Morgan fingerprint density at radius 3 is 2.25 bits per heavy atom. The van der Waals surface area contributed by atoms with Crippen LogP contribution in [-0.4, -0.2) is 48.7 Å². The first kappa shape index (κ1) is 23.4. The second-order valence-electron chi connectivity index (χ2n) is 8.88. The highest BCUT2D eigenvalue weighted by Gasteiger charge is 2.28. The van der Waals surface area contributed by atoms with E-state index in [1.165, 1.54) is 0 Å². The van der Waals surface area contributed by atoms with E-state index in [1.807, 2.05) is 81.4 Å². The summed E-state index contributed by atoms with van der Waals surface area (Å²) in [5.41, 5.74) is 1.73. The molecule has 1 heterocycles. The number of methoxy groups -OCH3 is 1. The van der Waals surface area contributed by atoms with E-state index in [2.05, 4.69) is 5.32 Å². The number of piperidine rings is 1. The van der Waals surface area contributed by atoms with E-state index >= 15 is 0 Å². The molecule has 0 bridgehead atoms. The molecule has 3 rings (SSSR count). The Morgan fingerprint density at radius 1 is 1.00 bits per heavy atom. The summed E-state index contributed by atoms with van der Waals surface area (Å²) in [7, 11) is 1.62. The number of likely N-dealkylation sites (tertiary alicyclic amines) is 1. The Balaban J connectivity index is 1.72. The van der Waals surface area contributed by atoms with Gasteiger partial charge in [0.05, 0.1) is 7.11 Å². The van der Waals surface area contributed by atoms with Crippen molar-refractivity contribution in [2.45, 2.75) is 45.3 Å². The van der Waals surface area contributed by atoms with Crippen molar-refractivity contribution in [1.82, 2.24) is 10.2 Å². The highest BCUT2D eigenvalue weighted by atomic mass is 16.6. The summed E-state index contributed by atoms with van der Waals surface area (Å²) in [6.07, 6.45) is 2.92. The average Bonchev–Trinajstić information content (AvgIpc) is 2.77. The lowest BCUT2D eigenvalue weighted by Gasteiger charge is -2.33. The van der Waals surface area contributed by atoms with Gasteiger partial charge in [-0.05, 0) is 51.3 Å². The van der Waals surface area contributed by atoms with Crippen molar-refractivity contribution in [1.29, 1.82) is 0 Å². The van der Waals surface area contributed by atoms with Gasteiger partial charge in [-0.3, -0.25) is 4.79 Å². The summed E-state index contributed by atoms with van der Waals surface area (Å²) in [6.45, 7) is 6.68. The number of rotatable bonds is 5. The van der Waals surface area contributed by atoms with E-state index < -0.39 is 5.60 Å². The quantitative estimate of drug-likeness (QED) is 0.542. The minimum Gasteiger partial charge on any atom is -0.496 e. The molecular weight excluding hydrogens is 404 g/mol. The fraction of sp³-hybridized carbons (Fsp3) is 0.385. The Bertz CT molecular complexity index is 955. The molecule has 1 aliphatic rings. The van der Waals surface area contributed by atoms with Gasteiger partial charge in [0.25, 0.3) is 5.91 Å². The molecule has 1 N–H and O–H groups in total. The van der Waals surface area contributed by atoms with Crippen molar-refractivity contribution in [3.63, 3.8) is 0 Å². The maximum atomic E-state index is 13.3. The number of nitrogens with one attached hydrogen (secondary N) is 1. The molecule has 0 unspecified atom stereocenters. The lowest BCUT2D eigenvalue weighted by molar-refractivity contribution is -0.116. The fourth-order valence-corrected chi connectivity index (χ4v) is 3.63. The highest BCUT2D eigenvalue weighted by molar-refractivity contribution is 6.24. The number of benzene rings is 2. The van der Waals surface area contributed by atoms with Crippen molar-refractivity contribution < 1.29 is 19.1 Å². The topological polar surface area (TPSA) is 67.9 Å². The van der Waals surface area contributed by atoms with E-state index in [0.717, 1.165) is 11.1 Å². The molecule has 0 radical (unpaired) electrons. The molecule has 0 saturated carbocycles. The number of ether oxygens (including phenoxy) is 2. The standard InChI is InChI=1S/C26H32N2O4/c1-26(2,3)32-25(30)28-16-14-21(15-17-28)27-24(29)22(19-10-6-5-7-11-19)18-20-12-8-9-13-23(20)31-4/h5-13,18,21H,14-17H2,1-4H3,(H,27,29)/b22-18+. The first-order chi connectivity index (χ1) is 15.3. The molecule has 32 heavy (non-hydrogen) atoms. The first-order valence-electron chi connectivity index (χ1n) is 11.0. The van der Waals surface area contributed by atoms with Crippen LogP contribution in [0.5, 0.6) is 5.75 Å². The van der Waals surface area contributed by atoms with Crippen LogP contribution < -0.4 is 10.1 Å². The van der Waals surface area contributed by atoms with Gasteiger partial charge in [0, 0.05) is 30.3 Å². The smallest absolute Gasteiger partial charge is 0.410 e. The van der Waals surface area contributed by atoms with Crippen LogP contribution in [0.25, 0.3) is 11.6 Å². The Kier molecular flexibility index (Phi) is 7.57. The molecule has 0 spiro atoms. The predicted octanol–water partition coefficient (Wildman–Crippen LogP) is 4.75. The van der Waals surface area contributed by atoms with Gasteiger partial charge in [-0.15, -0.1) is 0 Å². The van der Waals surface area contributed by atoms with Crippen LogP contribution in [0.4, 0.5) is 4.79 Å². The van der Waals surface area contributed by atoms with Crippen LogP contribution >= 0.6 is 0 Å². The number of hydrogen-bond acceptors (Lipinski definition) is 4. The van der Waals surface area contributed by atoms with Gasteiger partial charge in [0.1, 0.15) is 11.4 Å². The lowest BCUT2D eigenvalue weighted by atomic mass is 9.99. The summed E-state index contributed by atoms with van der Waals surface area (Å²) in [5, 5.41) is 3.16. The molecule has 0 aromatic heterocycles. The van der Waals surface area contributed by atoms with Gasteiger partial charge >= 0.3 is 6.09 Å². The van der Waals surface area contributed by atoms with Crippen molar-refractivity contribution in [2.75, 3.05) is 20.2 Å². The maximum absolute atomic E-state index is 13.3. The van der Waals surface area contributed by atoms with Gasteiger partial charge < -0.3 is 19.7 Å². The minimum atomic E-state index is -0.518. The average molecular weight is 437 g/mol. The number of nitrogens with zero attached hydrogens (tertiary/aromatic N) is 1. The van der Waals surface area contributed by atoms with Gasteiger partial charge in [0.15, 0.2) is 0 Å². The number of para-hydroxylation sites is 1. The summed E-state index contributed by atoms with van der Waals surface area (Å²) >= 11 is 0. The first-order valence-corrected chi connectivity index (χ1v) is 11.0. The molecular formula is C26H32N2O4. The molecule has 1 saturated heterocycles. The molecule has 2 amide bonds. The molecule has 2 aromatic carbocycles. The van der Waals surface area contributed by atoms with Crippen LogP contribution in [0.1, 0.15) is 44.7 Å². The SMILES string of the molecule is COc1ccccc1/C=C(/C(=O)NC1CCN(C(=O)OC(C)(C)C)CC1)c1ccccc1. The Hall–Kier alpha value is -3.28. The van der Waals surface area contributed by atoms with Gasteiger partial charge in [-0.2, -0.15) is 0 Å². The van der Waals surface area contributed by atoms with Gasteiger partial charge in [-0.25, -0.2) is 4.79 Å². The molecule has 6 heteroatoms. The van der Waals surface area contributed by atoms with Crippen molar-refractivity contribution in [3.05, 3.63) is 65.7 Å². The predicted molar refractivity (Wildman–Crippen MR) is 126 cm³/mol. The van der Waals surface area contributed by atoms with Gasteiger partial charge in [0.2, 0.25) is 0 Å². The second kappa shape index (κ2) is 10.4. The molecule has 1 fully saturated rings. The maximum Gasteiger partial charge on any atom is 0.410 e. The zero-order chi connectivity index (χ0) is 23.1. The van der Waals surface area contributed by atoms with Gasteiger partial charge in [-0.1, -0.05) is 48.5 Å². The van der Waals surface area contributed by atoms with Crippen molar-refractivity contribution >= 4 is 23.6 Å². The van der Waals surface area contributed by atoms with E-state index in [4.69, 9.17) is 9.47 Å². The van der Waals surface area contributed by atoms with Crippen molar-refractivity contribution in [3.8, 4) is 5.75 Å². The summed E-state index contributed by atoms with van der Waals surface area (Å²) < 4.78 is 10.9. The number of hydrogen-bond donors (Lipinski definition) is 1. The second-order valence-corrected chi connectivity index (χ2v) is 8.88.